The fourth-order valence-electron chi connectivity index (χ4n) is 2.87. The molecule has 1 atom stereocenters. The Labute approximate surface area is 137 Å². The van der Waals surface area contributed by atoms with Crippen LogP contribution >= 0.6 is 11.6 Å². The average Bonchev–Trinajstić information content (AvgIpc) is 2.52. The van der Waals surface area contributed by atoms with Crippen LogP contribution in [0.3, 0.4) is 0 Å². The number of carbonyl (C=O) groups is 1. The molecule has 1 saturated heterocycles. The Balaban J connectivity index is 1.80. The van der Waals surface area contributed by atoms with Crippen molar-refractivity contribution in [3.8, 4) is 0 Å². The van der Waals surface area contributed by atoms with Gasteiger partial charge in [0.15, 0.2) is 0 Å². The predicted octanol–water partition coefficient (Wildman–Crippen LogP) is 2.61. The Morgan fingerprint density at radius 2 is 2.00 bits per heavy atom. The van der Waals surface area contributed by atoms with Crippen LogP contribution in [-0.4, -0.2) is 41.6 Å². The fourth-order valence-corrected chi connectivity index (χ4v) is 3.14. The summed E-state index contributed by atoms with van der Waals surface area (Å²) < 4.78 is 0. The maximum Gasteiger partial charge on any atom is 0.223 e. The molecule has 2 rings (SSSR count). The Morgan fingerprint density at radius 1 is 1.36 bits per heavy atom. The summed E-state index contributed by atoms with van der Waals surface area (Å²) in [6.45, 7) is 6.49. The summed E-state index contributed by atoms with van der Waals surface area (Å²) in [5.41, 5.74) is 0.652. The Kier molecular flexibility index (Phi) is 6.24. The van der Waals surface area contributed by atoms with Gasteiger partial charge in [-0.05, 0) is 45.8 Å². The van der Waals surface area contributed by atoms with Crippen molar-refractivity contribution in [2.24, 2.45) is 5.92 Å². The first-order valence-corrected chi connectivity index (χ1v) is 8.31. The molecule has 122 valence electrons. The van der Waals surface area contributed by atoms with Crippen molar-refractivity contribution in [2.75, 3.05) is 19.6 Å². The summed E-state index contributed by atoms with van der Waals surface area (Å²) in [4.78, 5) is 14.6. The zero-order chi connectivity index (χ0) is 16.1. The lowest BCUT2D eigenvalue weighted by Gasteiger charge is -2.34. The number of rotatable bonds is 5. The molecule has 2 N–H and O–H groups in total. The lowest BCUT2D eigenvalue weighted by atomic mass is 9.95. The molecule has 1 aromatic rings. The first-order valence-electron chi connectivity index (χ1n) is 7.93. The molecule has 1 aliphatic heterocycles. The quantitative estimate of drug-likeness (QED) is 0.875. The van der Waals surface area contributed by atoms with Gasteiger partial charge in [0.05, 0.1) is 6.10 Å². The van der Waals surface area contributed by atoms with Crippen LogP contribution in [0.15, 0.2) is 24.3 Å². The lowest BCUT2D eigenvalue weighted by Crippen LogP contribution is -2.43. The maximum absolute atomic E-state index is 12.2. The van der Waals surface area contributed by atoms with E-state index < -0.39 is 6.10 Å². The molecule has 1 amide bonds. The molecular weight excluding hydrogens is 300 g/mol. The van der Waals surface area contributed by atoms with Crippen LogP contribution in [0, 0.1) is 5.92 Å². The SMILES string of the molecule is CC(C)N1CCC(C(=O)NCC(O)c2ccccc2Cl)CC1. The van der Waals surface area contributed by atoms with Gasteiger partial charge in [-0.25, -0.2) is 0 Å². The number of hydrogen-bond donors (Lipinski definition) is 2. The molecule has 0 aliphatic carbocycles. The van der Waals surface area contributed by atoms with Crippen LogP contribution < -0.4 is 5.32 Å². The van der Waals surface area contributed by atoms with Crippen molar-refractivity contribution in [1.82, 2.24) is 10.2 Å². The number of likely N-dealkylation sites (tertiary alicyclic amines) is 1. The molecule has 1 aromatic carbocycles. The molecule has 1 fully saturated rings. The molecule has 1 unspecified atom stereocenters. The van der Waals surface area contributed by atoms with Gasteiger partial charge in [-0.1, -0.05) is 29.8 Å². The molecule has 0 bridgehead atoms. The van der Waals surface area contributed by atoms with Crippen molar-refractivity contribution in [3.63, 3.8) is 0 Å². The maximum atomic E-state index is 12.2. The second kappa shape index (κ2) is 7.95. The van der Waals surface area contributed by atoms with Gasteiger partial charge in [0.1, 0.15) is 0 Å². The van der Waals surface area contributed by atoms with Crippen LogP contribution in [-0.2, 0) is 4.79 Å². The molecule has 1 aliphatic rings. The van der Waals surface area contributed by atoms with Gasteiger partial charge in [-0.3, -0.25) is 4.79 Å². The number of benzene rings is 1. The minimum absolute atomic E-state index is 0.0366. The molecule has 0 aromatic heterocycles. The van der Waals surface area contributed by atoms with Crippen LogP contribution in [0.1, 0.15) is 38.4 Å². The van der Waals surface area contributed by atoms with Crippen molar-refractivity contribution >= 4 is 17.5 Å². The zero-order valence-electron chi connectivity index (χ0n) is 13.3. The Bertz CT molecular complexity index is 499. The van der Waals surface area contributed by atoms with Crippen LogP contribution in [0.2, 0.25) is 5.02 Å². The van der Waals surface area contributed by atoms with Gasteiger partial charge in [-0.2, -0.15) is 0 Å². The van der Waals surface area contributed by atoms with Crippen LogP contribution in [0.4, 0.5) is 0 Å². The smallest absolute Gasteiger partial charge is 0.223 e. The molecular formula is C17H25ClN2O2. The van der Waals surface area contributed by atoms with E-state index in [1.54, 1.807) is 12.1 Å². The second-order valence-electron chi connectivity index (χ2n) is 6.19. The number of aliphatic hydroxyl groups excluding tert-OH is 1. The highest BCUT2D eigenvalue weighted by atomic mass is 35.5. The van der Waals surface area contributed by atoms with E-state index in [2.05, 4.69) is 24.1 Å². The molecule has 1 heterocycles. The Hall–Kier alpha value is -1.10. The van der Waals surface area contributed by atoms with Gasteiger partial charge in [0, 0.05) is 29.1 Å². The lowest BCUT2D eigenvalue weighted by molar-refractivity contribution is -0.127. The van der Waals surface area contributed by atoms with E-state index in [0.29, 0.717) is 16.6 Å². The van der Waals surface area contributed by atoms with E-state index in [9.17, 15) is 9.90 Å². The highest BCUT2D eigenvalue weighted by molar-refractivity contribution is 6.31. The third-order valence-electron chi connectivity index (χ3n) is 4.36. The molecule has 0 radical (unpaired) electrons. The summed E-state index contributed by atoms with van der Waals surface area (Å²) in [6, 6.07) is 7.70. The molecule has 0 saturated carbocycles. The predicted molar refractivity (Wildman–Crippen MR) is 88.9 cm³/mol. The fraction of sp³-hybridized carbons (Fsp3) is 0.588. The van der Waals surface area contributed by atoms with E-state index in [4.69, 9.17) is 11.6 Å². The van der Waals surface area contributed by atoms with Crippen LogP contribution in [0.5, 0.6) is 0 Å². The standard InChI is InChI=1S/C17H25ClN2O2/c1-12(2)20-9-7-13(8-10-20)17(22)19-11-16(21)14-5-3-4-6-15(14)18/h3-6,12-13,16,21H,7-11H2,1-2H3,(H,19,22). The highest BCUT2D eigenvalue weighted by Gasteiger charge is 2.26. The summed E-state index contributed by atoms with van der Waals surface area (Å²) in [7, 11) is 0. The summed E-state index contributed by atoms with van der Waals surface area (Å²) in [5, 5.41) is 13.5. The third-order valence-corrected chi connectivity index (χ3v) is 4.71. The largest absolute Gasteiger partial charge is 0.387 e. The Morgan fingerprint density at radius 3 is 2.59 bits per heavy atom. The first-order chi connectivity index (χ1) is 10.5. The molecule has 22 heavy (non-hydrogen) atoms. The average molecular weight is 325 g/mol. The van der Waals surface area contributed by atoms with Gasteiger partial charge in [0.25, 0.3) is 0 Å². The third kappa shape index (κ3) is 4.45. The van der Waals surface area contributed by atoms with Crippen molar-refractivity contribution in [3.05, 3.63) is 34.9 Å². The zero-order valence-corrected chi connectivity index (χ0v) is 14.0. The molecule has 4 nitrogen and oxygen atoms in total. The minimum Gasteiger partial charge on any atom is -0.387 e. The number of carbonyl (C=O) groups excluding carboxylic acids is 1. The monoisotopic (exact) mass is 324 g/mol. The number of piperidine rings is 1. The van der Waals surface area contributed by atoms with E-state index in [1.807, 2.05) is 12.1 Å². The van der Waals surface area contributed by atoms with Gasteiger partial charge in [-0.15, -0.1) is 0 Å². The number of nitrogens with zero attached hydrogens (tertiary/aromatic N) is 1. The van der Waals surface area contributed by atoms with Crippen LogP contribution in [0.25, 0.3) is 0 Å². The second-order valence-corrected chi connectivity index (χ2v) is 6.59. The normalized spacial score (nSPS) is 18.4. The number of aliphatic hydroxyl groups is 1. The van der Waals surface area contributed by atoms with E-state index in [0.717, 1.165) is 25.9 Å². The number of nitrogens with one attached hydrogen (secondary N) is 1. The minimum atomic E-state index is -0.770. The van der Waals surface area contributed by atoms with E-state index in [1.165, 1.54) is 0 Å². The van der Waals surface area contributed by atoms with Crippen molar-refractivity contribution in [2.45, 2.75) is 38.8 Å². The van der Waals surface area contributed by atoms with Gasteiger partial charge >= 0.3 is 0 Å². The van der Waals surface area contributed by atoms with Crippen molar-refractivity contribution in [1.29, 1.82) is 0 Å². The number of halogens is 1. The van der Waals surface area contributed by atoms with E-state index >= 15 is 0 Å². The highest BCUT2D eigenvalue weighted by Crippen LogP contribution is 2.23. The number of hydrogen-bond acceptors (Lipinski definition) is 3. The summed E-state index contributed by atoms with van der Waals surface area (Å²) in [6.07, 6.45) is 0.992. The molecule has 0 spiro atoms. The topological polar surface area (TPSA) is 52.6 Å². The first kappa shape index (κ1) is 17.3. The van der Waals surface area contributed by atoms with Gasteiger partial charge in [0.2, 0.25) is 5.91 Å². The molecule has 5 heteroatoms. The summed E-state index contributed by atoms with van der Waals surface area (Å²) >= 11 is 6.05. The number of amides is 1. The van der Waals surface area contributed by atoms with Crippen molar-refractivity contribution < 1.29 is 9.90 Å². The summed E-state index contributed by atoms with van der Waals surface area (Å²) in [5.74, 6) is 0.0861. The van der Waals surface area contributed by atoms with Gasteiger partial charge < -0.3 is 15.3 Å². The van der Waals surface area contributed by atoms with E-state index in [-0.39, 0.29) is 18.4 Å².